The summed E-state index contributed by atoms with van der Waals surface area (Å²) in [6, 6.07) is 0.0568. The van der Waals surface area contributed by atoms with Crippen LogP contribution in [0.15, 0.2) is 6.33 Å². The average molecular weight is 277 g/mol. The zero-order valence-electron chi connectivity index (χ0n) is 11.2. The molecule has 0 saturated heterocycles. The van der Waals surface area contributed by atoms with Gasteiger partial charge >= 0.3 is 0 Å². The summed E-state index contributed by atoms with van der Waals surface area (Å²) in [6.07, 6.45) is 1.56. The molecule has 0 fully saturated rings. The van der Waals surface area contributed by atoms with Gasteiger partial charge in [-0.15, -0.1) is 0 Å². The van der Waals surface area contributed by atoms with E-state index in [1.54, 1.807) is 27.0 Å². The Hall–Kier alpha value is -1.96. The van der Waals surface area contributed by atoms with Crippen LogP contribution in [0, 0.1) is 6.92 Å². The molecule has 8 heteroatoms. The van der Waals surface area contributed by atoms with E-state index in [1.165, 1.54) is 0 Å². The van der Waals surface area contributed by atoms with E-state index in [2.05, 4.69) is 25.5 Å². The number of hydrogen-bond donors (Lipinski definition) is 1. The highest BCUT2D eigenvalue weighted by Gasteiger charge is 2.16. The fourth-order valence-corrected chi connectivity index (χ4v) is 3.11. The fraction of sp³-hybridized carbons (Fsp3) is 0.455. The van der Waals surface area contributed by atoms with Crippen molar-refractivity contribution in [1.29, 1.82) is 0 Å². The van der Waals surface area contributed by atoms with Crippen LogP contribution in [0.5, 0.6) is 0 Å². The zero-order chi connectivity index (χ0) is 13.6. The summed E-state index contributed by atoms with van der Waals surface area (Å²) in [5, 5.41) is 12.7. The van der Waals surface area contributed by atoms with E-state index >= 15 is 0 Å². The highest BCUT2D eigenvalue weighted by Crippen LogP contribution is 2.30. The van der Waals surface area contributed by atoms with Crippen LogP contribution >= 0.6 is 11.3 Å². The maximum atomic E-state index is 4.56. The van der Waals surface area contributed by atoms with Crippen molar-refractivity contribution in [3.63, 3.8) is 0 Å². The molecule has 19 heavy (non-hydrogen) atoms. The van der Waals surface area contributed by atoms with E-state index in [0.717, 1.165) is 27.0 Å². The first-order valence-electron chi connectivity index (χ1n) is 5.97. The van der Waals surface area contributed by atoms with Gasteiger partial charge in [0.15, 0.2) is 10.8 Å². The van der Waals surface area contributed by atoms with Crippen LogP contribution < -0.4 is 5.32 Å². The fourth-order valence-electron chi connectivity index (χ4n) is 2.09. The number of hydrogen-bond acceptors (Lipinski definition) is 6. The van der Waals surface area contributed by atoms with Crippen LogP contribution in [0.1, 0.15) is 24.5 Å². The van der Waals surface area contributed by atoms with E-state index in [-0.39, 0.29) is 6.04 Å². The molecule has 0 amide bonds. The summed E-state index contributed by atoms with van der Waals surface area (Å²) in [7, 11) is 3.79. The third kappa shape index (κ3) is 1.97. The van der Waals surface area contributed by atoms with Gasteiger partial charge in [0.1, 0.15) is 12.2 Å². The standard InChI is InChI=1S/C11H15N7S/c1-6-8-10(18(4)16-6)15-11(19-8)14-7(2)9-12-5-13-17(9)3/h5,7H,1-4H3,(H,14,15)/t7-/m1/s1. The lowest BCUT2D eigenvalue weighted by atomic mass is 10.3. The summed E-state index contributed by atoms with van der Waals surface area (Å²) in [6.45, 7) is 4.04. The molecule has 0 aliphatic rings. The van der Waals surface area contributed by atoms with Crippen molar-refractivity contribution in [3.8, 4) is 0 Å². The lowest BCUT2D eigenvalue weighted by molar-refractivity contribution is 0.661. The van der Waals surface area contributed by atoms with Crippen LogP contribution in [0.4, 0.5) is 5.13 Å². The van der Waals surface area contributed by atoms with Gasteiger partial charge in [0, 0.05) is 14.1 Å². The summed E-state index contributed by atoms with van der Waals surface area (Å²) in [4.78, 5) is 8.80. The lowest BCUT2D eigenvalue weighted by Crippen LogP contribution is -2.12. The predicted octanol–water partition coefficient (Wildman–Crippen LogP) is 1.64. The number of thiazole rings is 1. The number of fused-ring (bicyclic) bond motifs is 1. The zero-order valence-corrected chi connectivity index (χ0v) is 12.1. The Labute approximate surface area is 114 Å². The van der Waals surface area contributed by atoms with E-state index < -0.39 is 0 Å². The molecule has 3 heterocycles. The molecule has 1 N–H and O–H groups in total. The molecule has 0 aliphatic heterocycles. The van der Waals surface area contributed by atoms with Gasteiger partial charge in [-0.05, 0) is 13.8 Å². The first-order valence-corrected chi connectivity index (χ1v) is 6.78. The molecule has 3 aromatic heterocycles. The molecule has 3 rings (SSSR count). The number of aryl methyl sites for hydroxylation is 3. The quantitative estimate of drug-likeness (QED) is 0.788. The van der Waals surface area contributed by atoms with Gasteiger partial charge in [-0.3, -0.25) is 4.68 Å². The number of rotatable bonds is 3. The Bertz CT molecular complexity index is 688. The van der Waals surface area contributed by atoms with Crippen molar-refractivity contribution in [1.82, 2.24) is 29.5 Å². The molecular formula is C11H15N7S. The van der Waals surface area contributed by atoms with Gasteiger partial charge in [-0.1, -0.05) is 11.3 Å². The van der Waals surface area contributed by atoms with Crippen LogP contribution in [-0.2, 0) is 14.1 Å². The Balaban J connectivity index is 1.89. The van der Waals surface area contributed by atoms with Crippen molar-refractivity contribution in [3.05, 3.63) is 17.8 Å². The molecule has 0 spiro atoms. The Kier molecular flexibility index (Phi) is 2.74. The van der Waals surface area contributed by atoms with E-state index in [1.807, 2.05) is 27.9 Å². The average Bonchev–Trinajstić information content (AvgIpc) is 2.99. The maximum Gasteiger partial charge on any atom is 0.186 e. The molecule has 3 aromatic rings. The maximum absolute atomic E-state index is 4.56. The van der Waals surface area contributed by atoms with E-state index in [9.17, 15) is 0 Å². The van der Waals surface area contributed by atoms with Gasteiger partial charge in [0.25, 0.3) is 0 Å². The highest BCUT2D eigenvalue weighted by molar-refractivity contribution is 7.22. The predicted molar refractivity (Wildman–Crippen MR) is 74.2 cm³/mol. The van der Waals surface area contributed by atoms with E-state index in [0.29, 0.717) is 0 Å². The molecule has 1 atom stereocenters. The van der Waals surface area contributed by atoms with Gasteiger partial charge < -0.3 is 5.32 Å². The van der Waals surface area contributed by atoms with Crippen LogP contribution in [-0.4, -0.2) is 29.5 Å². The Morgan fingerprint density at radius 2 is 2.11 bits per heavy atom. The Morgan fingerprint density at radius 3 is 2.74 bits per heavy atom. The molecule has 0 radical (unpaired) electrons. The molecular weight excluding hydrogens is 262 g/mol. The lowest BCUT2D eigenvalue weighted by Gasteiger charge is -2.11. The molecule has 0 unspecified atom stereocenters. The van der Waals surface area contributed by atoms with Gasteiger partial charge in [-0.2, -0.15) is 10.2 Å². The second-order valence-corrected chi connectivity index (χ2v) is 5.49. The number of anilines is 1. The van der Waals surface area contributed by atoms with Crippen molar-refractivity contribution < 1.29 is 0 Å². The molecule has 7 nitrogen and oxygen atoms in total. The largest absolute Gasteiger partial charge is 0.352 e. The van der Waals surface area contributed by atoms with Crippen LogP contribution in [0.25, 0.3) is 10.3 Å². The topological polar surface area (TPSA) is 73.5 Å². The second-order valence-electron chi connectivity index (χ2n) is 4.49. The summed E-state index contributed by atoms with van der Waals surface area (Å²) >= 11 is 1.61. The van der Waals surface area contributed by atoms with Gasteiger partial charge in [-0.25, -0.2) is 14.6 Å². The van der Waals surface area contributed by atoms with Crippen molar-refractivity contribution in [2.45, 2.75) is 19.9 Å². The molecule has 0 aromatic carbocycles. The van der Waals surface area contributed by atoms with Crippen molar-refractivity contribution >= 4 is 26.8 Å². The van der Waals surface area contributed by atoms with Crippen molar-refractivity contribution in [2.75, 3.05) is 5.32 Å². The monoisotopic (exact) mass is 277 g/mol. The summed E-state index contributed by atoms with van der Waals surface area (Å²) < 4.78 is 4.69. The third-order valence-electron chi connectivity index (χ3n) is 3.02. The van der Waals surface area contributed by atoms with E-state index in [4.69, 9.17) is 0 Å². The van der Waals surface area contributed by atoms with Crippen LogP contribution in [0.3, 0.4) is 0 Å². The number of nitrogens with one attached hydrogen (secondary N) is 1. The molecule has 100 valence electrons. The van der Waals surface area contributed by atoms with Crippen molar-refractivity contribution in [2.24, 2.45) is 14.1 Å². The highest BCUT2D eigenvalue weighted by atomic mass is 32.1. The minimum absolute atomic E-state index is 0.0568. The minimum Gasteiger partial charge on any atom is -0.352 e. The van der Waals surface area contributed by atoms with Gasteiger partial charge in [0.2, 0.25) is 0 Å². The normalized spacial score (nSPS) is 13.1. The smallest absolute Gasteiger partial charge is 0.186 e. The summed E-state index contributed by atoms with van der Waals surface area (Å²) in [5.41, 5.74) is 1.92. The van der Waals surface area contributed by atoms with Crippen LogP contribution in [0.2, 0.25) is 0 Å². The molecule has 0 saturated carbocycles. The first kappa shape index (κ1) is 12.1. The number of aromatic nitrogens is 6. The van der Waals surface area contributed by atoms with Gasteiger partial charge in [0.05, 0.1) is 16.4 Å². The SMILES string of the molecule is Cc1nn(C)c2nc(N[C@H](C)c3ncnn3C)sc12. The second kappa shape index (κ2) is 4.30. The Morgan fingerprint density at radius 1 is 1.32 bits per heavy atom. The first-order chi connectivity index (χ1) is 9.06. The summed E-state index contributed by atoms with van der Waals surface area (Å²) in [5.74, 6) is 0.883. The molecule has 0 bridgehead atoms. The third-order valence-corrected chi connectivity index (χ3v) is 4.10. The number of nitrogens with zero attached hydrogens (tertiary/aromatic N) is 6. The minimum atomic E-state index is 0.0568. The molecule has 0 aliphatic carbocycles.